The van der Waals surface area contributed by atoms with Crippen LogP contribution in [0.5, 0.6) is 0 Å². The highest BCUT2D eigenvalue weighted by Crippen LogP contribution is 2.37. The number of nitrogens with one attached hydrogen (secondary N) is 1. The zero-order valence-corrected chi connectivity index (χ0v) is 19.7. The van der Waals surface area contributed by atoms with Crippen molar-refractivity contribution in [1.82, 2.24) is 10.0 Å². The Bertz CT molecular complexity index is 1010. The first-order valence-electron chi connectivity index (χ1n) is 12.3. The molecule has 1 aliphatic heterocycles. The van der Waals surface area contributed by atoms with Gasteiger partial charge < -0.3 is 25.5 Å². The number of hydrogen-bond donors (Lipinski definition) is 4. The van der Waals surface area contributed by atoms with Crippen LogP contribution in [0, 0.1) is 5.92 Å². The first-order valence-corrected chi connectivity index (χ1v) is 12.3. The highest BCUT2D eigenvalue weighted by molar-refractivity contribution is 5.77. The van der Waals surface area contributed by atoms with Gasteiger partial charge in [-0.15, -0.1) is 5.06 Å². The summed E-state index contributed by atoms with van der Waals surface area (Å²) in [7, 11) is 0. The van der Waals surface area contributed by atoms with Gasteiger partial charge in [0.25, 0.3) is 0 Å². The Morgan fingerprint density at radius 3 is 2.66 bits per heavy atom. The van der Waals surface area contributed by atoms with Gasteiger partial charge in [-0.05, 0) is 68.1 Å². The fourth-order valence-electron chi connectivity index (χ4n) is 4.80. The van der Waals surface area contributed by atoms with Crippen LogP contribution < -0.4 is 5.32 Å². The number of fused-ring (bicyclic) bond motifs is 1. The average molecular weight is 484 g/mol. The number of nitrogens with zero attached hydrogens (tertiary/aromatic N) is 2. The van der Waals surface area contributed by atoms with Gasteiger partial charge in [0.15, 0.2) is 6.10 Å². The Kier molecular flexibility index (Phi) is 8.33. The Hall–Kier alpha value is -3.01. The van der Waals surface area contributed by atoms with Crippen LogP contribution in [0.4, 0.5) is 5.82 Å². The van der Waals surface area contributed by atoms with Crippen molar-refractivity contribution in [1.29, 1.82) is 0 Å². The summed E-state index contributed by atoms with van der Waals surface area (Å²) < 4.78 is 0. The van der Waals surface area contributed by atoms with Crippen molar-refractivity contribution in [3.63, 3.8) is 0 Å². The summed E-state index contributed by atoms with van der Waals surface area (Å²) in [5.74, 6) is -0.803. The largest absolute Gasteiger partial charge is 0.480 e. The van der Waals surface area contributed by atoms with Crippen molar-refractivity contribution in [2.24, 2.45) is 5.92 Å². The Balaban J connectivity index is 1.36. The number of aryl methyl sites for hydroxylation is 2. The molecule has 0 radical (unpaired) electrons. The van der Waals surface area contributed by atoms with Gasteiger partial charge in [-0.25, -0.2) is 9.78 Å². The molecule has 9 nitrogen and oxygen atoms in total. The molecule has 1 aliphatic carbocycles. The molecule has 1 fully saturated rings. The van der Waals surface area contributed by atoms with Crippen LogP contribution in [0.15, 0.2) is 42.5 Å². The molecule has 2 aliphatic rings. The SMILES string of the molecule is O=C(ON(C1CC(CCc2ccc3c(n2)NCCC3)C1)[C@@H](CCO)C(=O)O)C(O)c1ccccc1. The van der Waals surface area contributed by atoms with Gasteiger partial charge in [-0.1, -0.05) is 36.4 Å². The van der Waals surface area contributed by atoms with Gasteiger partial charge in [0.2, 0.25) is 0 Å². The lowest BCUT2D eigenvalue weighted by Gasteiger charge is -2.43. The monoisotopic (exact) mass is 483 g/mol. The maximum Gasteiger partial charge on any atom is 0.358 e. The van der Waals surface area contributed by atoms with Gasteiger partial charge in [-0.2, -0.15) is 0 Å². The van der Waals surface area contributed by atoms with E-state index in [1.165, 1.54) is 10.6 Å². The molecule has 0 amide bonds. The maximum atomic E-state index is 12.7. The molecule has 1 saturated carbocycles. The van der Waals surface area contributed by atoms with Crippen LogP contribution in [0.25, 0.3) is 0 Å². The molecule has 9 heteroatoms. The third-order valence-electron chi connectivity index (χ3n) is 6.86. The van der Waals surface area contributed by atoms with Crippen molar-refractivity contribution in [2.75, 3.05) is 18.5 Å². The number of aliphatic hydroxyl groups is 2. The molecule has 1 aromatic carbocycles. The molecule has 0 spiro atoms. The number of pyridine rings is 1. The first-order chi connectivity index (χ1) is 17.0. The number of carboxylic acid groups (broad SMARTS) is 1. The second-order valence-electron chi connectivity index (χ2n) is 9.32. The van der Waals surface area contributed by atoms with Crippen molar-refractivity contribution in [3.8, 4) is 0 Å². The summed E-state index contributed by atoms with van der Waals surface area (Å²) in [5, 5.41) is 34.0. The quantitative estimate of drug-likeness (QED) is 0.356. The molecule has 4 rings (SSSR count). The number of rotatable bonds is 11. The topological polar surface area (TPSA) is 132 Å². The predicted octanol–water partition coefficient (Wildman–Crippen LogP) is 2.48. The molecule has 0 bridgehead atoms. The minimum atomic E-state index is -1.53. The molecule has 35 heavy (non-hydrogen) atoms. The van der Waals surface area contributed by atoms with Gasteiger partial charge in [0.1, 0.15) is 11.9 Å². The standard InChI is InChI=1S/C26H33N3O6/c30-14-12-22(25(32)33)29(35-26(34)23(31)18-5-2-1-3-6-18)21-15-17(16-21)8-10-20-11-9-19-7-4-13-27-24(19)28-20/h1-3,5-6,9,11,17,21-23,30-31H,4,7-8,10,12-16H2,(H,27,28)(H,32,33)/t17?,21?,22-,23?/m0/s1. The van der Waals surface area contributed by atoms with E-state index in [9.17, 15) is 24.9 Å². The highest BCUT2D eigenvalue weighted by atomic mass is 16.7. The van der Waals surface area contributed by atoms with Crippen LogP contribution in [0.3, 0.4) is 0 Å². The van der Waals surface area contributed by atoms with Gasteiger partial charge in [0.05, 0.1) is 0 Å². The number of benzene rings is 1. The van der Waals surface area contributed by atoms with E-state index in [0.29, 0.717) is 24.3 Å². The first kappa shape index (κ1) is 25.1. The number of hydroxylamine groups is 2. The fraction of sp³-hybridized carbons (Fsp3) is 0.500. The number of aliphatic hydroxyl groups excluding tert-OH is 2. The van der Waals surface area contributed by atoms with E-state index in [4.69, 9.17) is 9.82 Å². The second-order valence-corrected chi connectivity index (χ2v) is 9.32. The lowest BCUT2D eigenvalue weighted by molar-refractivity contribution is -0.240. The zero-order chi connectivity index (χ0) is 24.8. The third-order valence-corrected chi connectivity index (χ3v) is 6.86. The number of carbonyl (C=O) groups excluding carboxylic acids is 1. The molecule has 0 saturated heterocycles. The Morgan fingerprint density at radius 1 is 1.17 bits per heavy atom. The van der Waals surface area contributed by atoms with E-state index in [1.807, 2.05) is 0 Å². The summed E-state index contributed by atoms with van der Waals surface area (Å²) in [5.41, 5.74) is 2.65. The Labute approximate surface area is 204 Å². The summed E-state index contributed by atoms with van der Waals surface area (Å²) in [6, 6.07) is 11.1. The molecule has 2 heterocycles. The molecule has 188 valence electrons. The summed E-state index contributed by atoms with van der Waals surface area (Å²) in [6.45, 7) is 0.584. The second kappa shape index (κ2) is 11.6. The van der Waals surface area contributed by atoms with Crippen LogP contribution in [-0.2, 0) is 27.3 Å². The van der Waals surface area contributed by atoms with E-state index in [2.05, 4.69) is 17.4 Å². The molecular weight excluding hydrogens is 450 g/mol. The zero-order valence-electron chi connectivity index (χ0n) is 19.7. The van der Waals surface area contributed by atoms with E-state index < -0.39 is 24.1 Å². The molecular formula is C26H33N3O6. The van der Waals surface area contributed by atoms with Gasteiger partial charge >= 0.3 is 11.9 Å². The molecule has 2 aromatic rings. The maximum absolute atomic E-state index is 12.7. The van der Waals surface area contributed by atoms with Crippen LogP contribution in [0.2, 0.25) is 0 Å². The fourth-order valence-corrected chi connectivity index (χ4v) is 4.80. The minimum absolute atomic E-state index is 0.0861. The summed E-state index contributed by atoms with van der Waals surface area (Å²) in [4.78, 5) is 34.7. The number of hydrogen-bond acceptors (Lipinski definition) is 8. The van der Waals surface area contributed by atoms with E-state index >= 15 is 0 Å². The number of anilines is 1. The Morgan fingerprint density at radius 2 is 1.94 bits per heavy atom. The summed E-state index contributed by atoms with van der Waals surface area (Å²) in [6.07, 6.45) is 3.59. The van der Waals surface area contributed by atoms with Crippen molar-refractivity contribution in [2.45, 2.75) is 63.1 Å². The molecule has 1 aromatic heterocycles. The van der Waals surface area contributed by atoms with E-state index in [-0.39, 0.29) is 19.1 Å². The minimum Gasteiger partial charge on any atom is -0.480 e. The number of carboxylic acids is 1. The van der Waals surface area contributed by atoms with Crippen molar-refractivity contribution in [3.05, 3.63) is 59.3 Å². The van der Waals surface area contributed by atoms with Crippen molar-refractivity contribution >= 4 is 17.8 Å². The third kappa shape index (κ3) is 6.17. The van der Waals surface area contributed by atoms with Crippen LogP contribution in [-0.4, -0.2) is 62.5 Å². The molecule has 4 N–H and O–H groups in total. The van der Waals surface area contributed by atoms with E-state index in [0.717, 1.165) is 43.7 Å². The lowest BCUT2D eigenvalue weighted by atomic mass is 9.76. The number of carbonyl (C=O) groups is 2. The number of aromatic nitrogens is 1. The smallest absolute Gasteiger partial charge is 0.358 e. The molecule has 2 atom stereocenters. The normalized spacial score (nSPS) is 20.8. The van der Waals surface area contributed by atoms with Crippen LogP contribution >= 0.6 is 0 Å². The highest BCUT2D eigenvalue weighted by Gasteiger charge is 2.42. The van der Waals surface area contributed by atoms with Crippen LogP contribution in [0.1, 0.15) is 55.0 Å². The predicted molar refractivity (Wildman–Crippen MR) is 128 cm³/mol. The lowest BCUT2D eigenvalue weighted by Crippen LogP contribution is -2.54. The van der Waals surface area contributed by atoms with E-state index in [1.54, 1.807) is 30.3 Å². The average Bonchev–Trinajstić information content (AvgIpc) is 2.85. The van der Waals surface area contributed by atoms with Crippen molar-refractivity contribution < 1.29 is 29.7 Å². The number of aliphatic carboxylic acids is 1. The molecule has 1 unspecified atom stereocenters. The van der Waals surface area contributed by atoms with Gasteiger partial charge in [-0.3, -0.25) is 4.79 Å². The summed E-state index contributed by atoms with van der Waals surface area (Å²) >= 11 is 0. The van der Waals surface area contributed by atoms with Gasteiger partial charge in [0, 0.05) is 24.9 Å².